The minimum absolute atomic E-state index is 0.111. The van der Waals surface area contributed by atoms with Gasteiger partial charge in [-0.3, -0.25) is 10.1 Å². The fraction of sp³-hybridized carbons (Fsp3) is 0.750. The number of nitrogens with one attached hydrogen (secondary N) is 2. The quantitative estimate of drug-likeness (QED) is 0.573. The van der Waals surface area contributed by atoms with Crippen LogP contribution >= 0.6 is 0 Å². The number of amides is 3. The van der Waals surface area contributed by atoms with Crippen molar-refractivity contribution in [2.45, 2.75) is 20.8 Å². The summed E-state index contributed by atoms with van der Waals surface area (Å²) in [6.07, 6.45) is 0. The summed E-state index contributed by atoms with van der Waals surface area (Å²) in [5, 5.41) is 4.88. The van der Waals surface area contributed by atoms with E-state index in [0.29, 0.717) is 6.54 Å². The first kappa shape index (κ1) is 11.9. The van der Waals surface area contributed by atoms with Crippen molar-refractivity contribution < 1.29 is 9.59 Å². The lowest BCUT2D eigenvalue weighted by Crippen LogP contribution is -2.42. The molecule has 0 rings (SSSR count). The van der Waals surface area contributed by atoms with Crippen LogP contribution in [0.25, 0.3) is 0 Å². The molecule has 13 heavy (non-hydrogen) atoms. The maximum Gasteiger partial charge on any atom is 0.318 e. The Hall–Kier alpha value is -1.10. The first-order valence-electron chi connectivity index (χ1n) is 4.11. The highest BCUT2D eigenvalue weighted by Crippen LogP contribution is 2.09. The van der Waals surface area contributed by atoms with Gasteiger partial charge >= 0.3 is 6.03 Å². The number of imide groups is 1. The largest absolute Gasteiger partial charge is 0.351 e. The maximum absolute atomic E-state index is 10.9. The van der Waals surface area contributed by atoms with Crippen LogP contribution in [0.3, 0.4) is 0 Å². The van der Waals surface area contributed by atoms with E-state index in [2.05, 4.69) is 5.32 Å². The second kappa shape index (κ2) is 4.81. The molecule has 0 aliphatic carbocycles. The van der Waals surface area contributed by atoms with Crippen molar-refractivity contribution in [3.05, 3.63) is 0 Å². The first-order valence-corrected chi connectivity index (χ1v) is 4.11. The number of hydrogen-bond acceptors (Lipinski definition) is 3. The second-order valence-corrected chi connectivity index (χ2v) is 4.08. The highest BCUT2D eigenvalue weighted by Gasteiger charge is 2.10. The fourth-order valence-electron chi connectivity index (χ4n) is 0.733. The van der Waals surface area contributed by atoms with Gasteiger partial charge in [-0.05, 0) is 5.41 Å². The van der Waals surface area contributed by atoms with Crippen molar-refractivity contribution in [1.29, 1.82) is 0 Å². The van der Waals surface area contributed by atoms with Gasteiger partial charge in [0.15, 0.2) is 0 Å². The molecule has 0 bridgehead atoms. The molecule has 0 radical (unpaired) electrons. The summed E-state index contributed by atoms with van der Waals surface area (Å²) in [5.74, 6) is -0.406. The van der Waals surface area contributed by atoms with E-state index in [4.69, 9.17) is 5.73 Å². The summed E-state index contributed by atoms with van der Waals surface area (Å²) >= 11 is 0. The molecule has 0 aromatic heterocycles. The summed E-state index contributed by atoms with van der Waals surface area (Å²) in [6.45, 7) is 6.96. The van der Waals surface area contributed by atoms with Crippen molar-refractivity contribution in [3.63, 3.8) is 0 Å². The molecule has 5 heteroatoms. The van der Waals surface area contributed by atoms with Crippen LogP contribution < -0.4 is 16.4 Å². The van der Waals surface area contributed by atoms with Gasteiger partial charge in [0.1, 0.15) is 0 Å². The van der Waals surface area contributed by atoms with E-state index in [1.165, 1.54) is 0 Å². The van der Waals surface area contributed by atoms with Crippen LogP contribution in [0, 0.1) is 5.41 Å². The van der Waals surface area contributed by atoms with Crippen molar-refractivity contribution >= 4 is 11.9 Å². The molecule has 0 aliphatic rings. The van der Waals surface area contributed by atoms with Crippen LogP contribution in [-0.4, -0.2) is 25.0 Å². The standard InChI is InChI=1S/C8H17N3O2/c1-8(2,3)5-10-4-6(12)11-7(9)13/h10H,4-5H2,1-3H3,(H3,9,11,12,13). The van der Waals surface area contributed by atoms with Crippen LogP contribution in [0.2, 0.25) is 0 Å². The maximum atomic E-state index is 10.9. The minimum atomic E-state index is -0.817. The van der Waals surface area contributed by atoms with Gasteiger partial charge in [-0.1, -0.05) is 20.8 Å². The molecule has 3 amide bonds. The predicted molar refractivity (Wildman–Crippen MR) is 50.1 cm³/mol. The summed E-state index contributed by atoms with van der Waals surface area (Å²) in [4.78, 5) is 21.1. The van der Waals surface area contributed by atoms with Crippen LogP contribution in [0.4, 0.5) is 4.79 Å². The molecule has 0 aromatic rings. The molecule has 0 saturated heterocycles. The Labute approximate surface area is 78.1 Å². The average Bonchev–Trinajstić information content (AvgIpc) is 1.81. The summed E-state index contributed by atoms with van der Waals surface area (Å²) in [7, 11) is 0. The molecular formula is C8H17N3O2. The fourth-order valence-corrected chi connectivity index (χ4v) is 0.733. The smallest absolute Gasteiger partial charge is 0.318 e. The zero-order valence-electron chi connectivity index (χ0n) is 8.31. The molecular weight excluding hydrogens is 170 g/mol. The lowest BCUT2D eigenvalue weighted by molar-refractivity contribution is -0.119. The molecule has 0 heterocycles. The van der Waals surface area contributed by atoms with E-state index >= 15 is 0 Å². The van der Waals surface area contributed by atoms with Crippen molar-refractivity contribution in [2.75, 3.05) is 13.1 Å². The number of carbonyl (C=O) groups excluding carboxylic acids is 2. The number of hydrogen-bond donors (Lipinski definition) is 3. The number of carbonyl (C=O) groups is 2. The van der Waals surface area contributed by atoms with E-state index < -0.39 is 11.9 Å². The van der Waals surface area contributed by atoms with E-state index in [0.717, 1.165) is 0 Å². The topological polar surface area (TPSA) is 84.2 Å². The molecule has 0 atom stereocenters. The lowest BCUT2D eigenvalue weighted by atomic mass is 9.97. The Bertz CT molecular complexity index is 196. The van der Waals surface area contributed by atoms with Gasteiger partial charge in [-0.25, -0.2) is 4.79 Å². The van der Waals surface area contributed by atoms with E-state index in [9.17, 15) is 9.59 Å². The summed E-state index contributed by atoms with van der Waals surface area (Å²) in [5.41, 5.74) is 4.87. The van der Waals surface area contributed by atoms with Gasteiger partial charge in [0.05, 0.1) is 6.54 Å². The van der Waals surface area contributed by atoms with E-state index in [-0.39, 0.29) is 12.0 Å². The van der Waals surface area contributed by atoms with Gasteiger partial charge < -0.3 is 11.1 Å². The zero-order valence-corrected chi connectivity index (χ0v) is 8.31. The van der Waals surface area contributed by atoms with Crippen molar-refractivity contribution in [2.24, 2.45) is 11.1 Å². The second-order valence-electron chi connectivity index (χ2n) is 4.08. The van der Waals surface area contributed by atoms with Gasteiger partial charge in [0.2, 0.25) is 5.91 Å². The third kappa shape index (κ3) is 8.81. The third-order valence-corrected chi connectivity index (χ3v) is 1.20. The molecule has 0 fully saturated rings. The summed E-state index contributed by atoms with van der Waals surface area (Å²) < 4.78 is 0. The van der Waals surface area contributed by atoms with Gasteiger partial charge in [0, 0.05) is 6.54 Å². The zero-order chi connectivity index (χ0) is 10.5. The molecule has 4 N–H and O–H groups in total. The first-order chi connectivity index (χ1) is 5.81. The molecule has 0 unspecified atom stereocenters. The number of urea groups is 1. The normalized spacial score (nSPS) is 11.0. The van der Waals surface area contributed by atoms with Crippen LogP contribution in [-0.2, 0) is 4.79 Å². The Morgan fingerprint density at radius 2 is 1.85 bits per heavy atom. The molecule has 0 spiro atoms. The Balaban J connectivity index is 3.54. The number of primary amides is 1. The molecule has 5 nitrogen and oxygen atoms in total. The van der Waals surface area contributed by atoms with Crippen molar-refractivity contribution in [3.8, 4) is 0 Å². The summed E-state index contributed by atoms with van der Waals surface area (Å²) in [6, 6.07) is -0.817. The number of rotatable bonds is 3. The van der Waals surface area contributed by atoms with Gasteiger partial charge in [0.25, 0.3) is 0 Å². The van der Waals surface area contributed by atoms with Gasteiger partial charge in [-0.15, -0.1) is 0 Å². The van der Waals surface area contributed by atoms with E-state index in [1.54, 1.807) is 0 Å². The van der Waals surface area contributed by atoms with Crippen LogP contribution in [0.15, 0.2) is 0 Å². The molecule has 76 valence electrons. The van der Waals surface area contributed by atoms with Crippen LogP contribution in [0.5, 0.6) is 0 Å². The number of nitrogens with two attached hydrogens (primary N) is 1. The molecule has 0 aromatic carbocycles. The monoisotopic (exact) mass is 187 g/mol. The van der Waals surface area contributed by atoms with Crippen LogP contribution in [0.1, 0.15) is 20.8 Å². The Kier molecular flexibility index (Phi) is 4.40. The van der Waals surface area contributed by atoms with Gasteiger partial charge in [-0.2, -0.15) is 0 Å². The highest BCUT2D eigenvalue weighted by atomic mass is 16.2. The Morgan fingerprint density at radius 1 is 1.31 bits per heavy atom. The predicted octanol–water partition coefficient (Wildman–Crippen LogP) is -0.183. The Morgan fingerprint density at radius 3 is 2.23 bits per heavy atom. The van der Waals surface area contributed by atoms with Crippen molar-refractivity contribution in [1.82, 2.24) is 10.6 Å². The minimum Gasteiger partial charge on any atom is -0.351 e. The third-order valence-electron chi connectivity index (χ3n) is 1.20. The SMILES string of the molecule is CC(C)(C)CNCC(=O)NC(N)=O. The average molecular weight is 187 g/mol. The lowest BCUT2D eigenvalue weighted by Gasteiger charge is -2.18. The highest BCUT2D eigenvalue weighted by molar-refractivity contribution is 5.94. The molecule has 0 saturated carbocycles. The molecule has 0 aliphatic heterocycles. The van der Waals surface area contributed by atoms with E-state index in [1.807, 2.05) is 26.1 Å².